The highest BCUT2D eigenvalue weighted by atomic mass is 35.5. The van der Waals surface area contributed by atoms with Crippen molar-refractivity contribution >= 4 is 54.3 Å². The van der Waals surface area contributed by atoms with E-state index >= 15 is 0 Å². The number of piperazine rings is 2. The van der Waals surface area contributed by atoms with Crippen molar-refractivity contribution in [3.05, 3.63) is 120 Å². The number of urea groups is 2. The first-order valence-electron chi connectivity index (χ1n) is 19.2. The molecule has 2 aromatic heterocycles. The lowest BCUT2D eigenvalue weighted by Gasteiger charge is -2.41. The van der Waals surface area contributed by atoms with Crippen LogP contribution in [-0.2, 0) is 17.6 Å². The van der Waals surface area contributed by atoms with Crippen molar-refractivity contribution in [3.8, 4) is 0 Å². The number of aryl methyl sites for hydroxylation is 4. The van der Waals surface area contributed by atoms with E-state index in [0.29, 0.717) is 19.6 Å². The highest BCUT2D eigenvalue weighted by Gasteiger charge is 2.34. The molecule has 0 spiro atoms. The number of nitrogens with one attached hydrogen (secondary N) is 3. The summed E-state index contributed by atoms with van der Waals surface area (Å²) in [6.45, 7) is 13.4. The van der Waals surface area contributed by atoms with Gasteiger partial charge in [-0.05, 0) is 108 Å². The number of rotatable bonds is 8. The molecule has 2 fully saturated rings. The first-order valence-corrected chi connectivity index (χ1v) is 19.2. The molecule has 308 valence electrons. The number of benzene rings is 2. The van der Waals surface area contributed by atoms with E-state index in [4.69, 9.17) is 4.74 Å². The molecule has 3 N–H and O–H groups in total. The van der Waals surface area contributed by atoms with E-state index in [1.165, 1.54) is 11.1 Å². The van der Waals surface area contributed by atoms with Gasteiger partial charge in [-0.3, -0.25) is 9.97 Å². The Morgan fingerprint density at radius 3 is 1.68 bits per heavy atom. The SMILES string of the molecule is Cc1ccc(NC(=O)N2CCN(C(=O)OC(C)(C)C)CC2CCc2cccnc2)cc1.Cc1ccc(NC(=O)N2CCNCC2CCc2cccnc2)cc1.Cl.Cl. The lowest BCUT2D eigenvalue weighted by Crippen LogP contribution is -2.58. The molecule has 14 heteroatoms. The zero-order chi connectivity index (χ0) is 39.2. The van der Waals surface area contributed by atoms with Gasteiger partial charge in [0, 0.05) is 81.5 Å². The zero-order valence-electron chi connectivity index (χ0n) is 33.6. The van der Waals surface area contributed by atoms with Crippen LogP contribution in [0.5, 0.6) is 0 Å². The average molecular weight is 822 g/mol. The van der Waals surface area contributed by atoms with Crippen molar-refractivity contribution in [1.82, 2.24) is 30.0 Å². The fourth-order valence-corrected chi connectivity index (χ4v) is 6.57. The third-order valence-electron chi connectivity index (χ3n) is 9.59. The maximum absolute atomic E-state index is 13.0. The number of hydrogen-bond acceptors (Lipinski definition) is 7. The second kappa shape index (κ2) is 22.7. The molecule has 2 atom stereocenters. The first-order chi connectivity index (χ1) is 26.4. The fourth-order valence-electron chi connectivity index (χ4n) is 6.57. The number of pyridine rings is 2. The second-order valence-corrected chi connectivity index (χ2v) is 15.2. The number of hydrogen-bond donors (Lipinski definition) is 3. The highest BCUT2D eigenvalue weighted by molar-refractivity contribution is 5.90. The Hall–Kier alpha value is -4.91. The highest BCUT2D eigenvalue weighted by Crippen LogP contribution is 2.21. The van der Waals surface area contributed by atoms with Crippen LogP contribution in [0.1, 0.15) is 55.9 Å². The Kier molecular flexibility index (Phi) is 18.5. The van der Waals surface area contributed by atoms with Crippen molar-refractivity contribution in [2.75, 3.05) is 49.9 Å². The van der Waals surface area contributed by atoms with Crippen molar-refractivity contribution in [3.63, 3.8) is 0 Å². The van der Waals surface area contributed by atoms with Gasteiger partial charge in [0.25, 0.3) is 0 Å². The van der Waals surface area contributed by atoms with Gasteiger partial charge in [0.05, 0.1) is 6.04 Å². The number of ether oxygens (including phenoxy) is 1. The average Bonchev–Trinajstić information content (AvgIpc) is 3.18. The summed E-state index contributed by atoms with van der Waals surface area (Å²) < 4.78 is 5.55. The maximum atomic E-state index is 13.0. The summed E-state index contributed by atoms with van der Waals surface area (Å²) in [5, 5.41) is 9.39. The number of nitrogens with zero attached hydrogens (tertiary/aromatic N) is 5. The molecular formula is C43H58Cl2N8O4. The van der Waals surface area contributed by atoms with Crippen LogP contribution in [0, 0.1) is 13.8 Å². The lowest BCUT2D eigenvalue weighted by molar-refractivity contribution is 0.00908. The van der Waals surface area contributed by atoms with Gasteiger partial charge < -0.3 is 35.4 Å². The molecule has 4 aromatic rings. The molecule has 2 aliphatic heterocycles. The van der Waals surface area contributed by atoms with E-state index in [2.05, 4.69) is 32.0 Å². The van der Waals surface area contributed by atoms with E-state index in [9.17, 15) is 14.4 Å². The number of halogens is 2. The predicted octanol–water partition coefficient (Wildman–Crippen LogP) is 8.15. The minimum absolute atomic E-state index is 0. The van der Waals surface area contributed by atoms with Gasteiger partial charge in [-0.25, -0.2) is 14.4 Å². The summed E-state index contributed by atoms with van der Waals surface area (Å²) in [5.41, 5.74) is 5.69. The minimum Gasteiger partial charge on any atom is -0.444 e. The van der Waals surface area contributed by atoms with Gasteiger partial charge in [-0.2, -0.15) is 0 Å². The molecule has 0 saturated carbocycles. The van der Waals surface area contributed by atoms with Crippen LogP contribution in [-0.4, -0.2) is 99.8 Å². The lowest BCUT2D eigenvalue weighted by atomic mass is 10.0. The van der Waals surface area contributed by atoms with Crippen molar-refractivity contribution in [1.29, 1.82) is 0 Å². The largest absolute Gasteiger partial charge is 0.444 e. The summed E-state index contributed by atoms with van der Waals surface area (Å²) in [6, 6.07) is 23.5. The molecule has 4 heterocycles. The minimum atomic E-state index is -0.553. The van der Waals surface area contributed by atoms with Crippen LogP contribution in [0.25, 0.3) is 0 Å². The fraction of sp³-hybridized carbons (Fsp3) is 0.419. The number of anilines is 2. The number of amides is 5. The molecule has 57 heavy (non-hydrogen) atoms. The number of aromatic nitrogens is 2. The van der Waals surface area contributed by atoms with Gasteiger partial charge in [0.15, 0.2) is 0 Å². The Morgan fingerprint density at radius 2 is 1.21 bits per heavy atom. The molecule has 2 unspecified atom stereocenters. The van der Waals surface area contributed by atoms with E-state index < -0.39 is 5.60 Å². The summed E-state index contributed by atoms with van der Waals surface area (Å²) >= 11 is 0. The standard InChI is InChI=1S/C24H32N4O3.C19H24N4O.2ClH/c1-18-7-10-20(11-8-18)26-22(29)28-15-14-27(23(30)31-24(2,3)4)17-21(28)12-9-19-6-5-13-25-16-19;1-15-4-7-17(8-5-15)22-19(24)23-12-11-21-14-18(23)9-6-16-3-2-10-20-13-16;;/h5-8,10-11,13,16,21H,9,12,14-15,17H2,1-4H3,(H,26,29);2-5,7-8,10,13,18,21H,6,9,11-12,14H2,1H3,(H,22,24);2*1H. The van der Waals surface area contributed by atoms with E-state index in [1.54, 1.807) is 17.3 Å². The predicted molar refractivity (Wildman–Crippen MR) is 232 cm³/mol. The van der Waals surface area contributed by atoms with Crippen LogP contribution >= 0.6 is 24.8 Å². The Labute approximate surface area is 350 Å². The van der Waals surface area contributed by atoms with Crippen LogP contribution < -0.4 is 16.0 Å². The summed E-state index contributed by atoms with van der Waals surface area (Å²) in [6.07, 6.45) is 10.3. The van der Waals surface area contributed by atoms with Gasteiger partial charge >= 0.3 is 18.2 Å². The molecule has 12 nitrogen and oxygen atoms in total. The molecule has 0 aliphatic carbocycles. The third-order valence-corrected chi connectivity index (χ3v) is 9.59. The maximum Gasteiger partial charge on any atom is 0.410 e. The van der Waals surface area contributed by atoms with E-state index in [0.717, 1.165) is 67.8 Å². The van der Waals surface area contributed by atoms with Crippen LogP contribution in [0.3, 0.4) is 0 Å². The van der Waals surface area contributed by atoms with Gasteiger partial charge in [0.2, 0.25) is 0 Å². The van der Waals surface area contributed by atoms with Crippen molar-refractivity contribution in [2.24, 2.45) is 0 Å². The molecule has 0 bridgehead atoms. The summed E-state index contributed by atoms with van der Waals surface area (Å²) in [7, 11) is 0. The Bertz CT molecular complexity index is 1810. The van der Waals surface area contributed by atoms with Gasteiger partial charge in [-0.1, -0.05) is 47.5 Å². The summed E-state index contributed by atoms with van der Waals surface area (Å²) in [4.78, 5) is 52.1. The Balaban J connectivity index is 0.000000303. The zero-order valence-corrected chi connectivity index (χ0v) is 35.3. The van der Waals surface area contributed by atoms with Gasteiger partial charge in [-0.15, -0.1) is 24.8 Å². The van der Waals surface area contributed by atoms with E-state index in [-0.39, 0.29) is 55.1 Å². The second-order valence-electron chi connectivity index (χ2n) is 15.2. The van der Waals surface area contributed by atoms with E-state index in [1.807, 2.05) is 124 Å². The van der Waals surface area contributed by atoms with Crippen LogP contribution in [0.2, 0.25) is 0 Å². The molecule has 2 aliphatic rings. The molecule has 2 aromatic carbocycles. The van der Waals surface area contributed by atoms with Crippen molar-refractivity contribution in [2.45, 2.75) is 78.0 Å². The number of carbonyl (C=O) groups is 3. The van der Waals surface area contributed by atoms with Crippen LogP contribution in [0.15, 0.2) is 97.6 Å². The molecule has 0 radical (unpaired) electrons. The first kappa shape index (κ1) is 46.5. The molecular weight excluding hydrogens is 763 g/mol. The third kappa shape index (κ3) is 15.2. The quantitative estimate of drug-likeness (QED) is 0.164. The molecule has 5 amide bonds. The van der Waals surface area contributed by atoms with Crippen LogP contribution in [0.4, 0.5) is 25.8 Å². The topological polar surface area (TPSA) is 132 Å². The summed E-state index contributed by atoms with van der Waals surface area (Å²) in [5.74, 6) is 0. The molecule has 6 rings (SSSR count). The monoisotopic (exact) mass is 820 g/mol. The Morgan fingerprint density at radius 1 is 0.719 bits per heavy atom. The molecule has 2 saturated heterocycles. The number of carbonyl (C=O) groups excluding carboxylic acids is 3. The van der Waals surface area contributed by atoms with Gasteiger partial charge in [0.1, 0.15) is 5.60 Å². The van der Waals surface area contributed by atoms with Crippen molar-refractivity contribution < 1.29 is 19.1 Å². The smallest absolute Gasteiger partial charge is 0.410 e. The normalized spacial score (nSPS) is 16.5.